The number of carbonyl (C=O) groups excluding carboxylic acids is 1. The summed E-state index contributed by atoms with van der Waals surface area (Å²) in [5, 5.41) is 0. The zero-order chi connectivity index (χ0) is 10.9. The van der Waals surface area contributed by atoms with Crippen molar-refractivity contribution in [3.8, 4) is 0 Å². The Labute approximate surface area is 89.2 Å². The molecule has 15 heavy (non-hydrogen) atoms. The predicted octanol–water partition coefficient (Wildman–Crippen LogP) is 1.05. The Morgan fingerprint density at radius 2 is 2.33 bits per heavy atom. The lowest BCUT2D eigenvalue weighted by Gasteiger charge is -2.04. The van der Waals surface area contributed by atoms with Gasteiger partial charge in [0, 0.05) is 5.57 Å². The first-order chi connectivity index (χ1) is 7.09. The van der Waals surface area contributed by atoms with Crippen LogP contribution in [0.15, 0.2) is 11.6 Å². The second kappa shape index (κ2) is 3.94. The van der Waals surface area contributed by atoms with Crippen molar-refractivity contribution in [2.45, 2.75) is 32.0 Å². The number of esters is 1. The normalized spacial score (nSPS) is 33.7. The van der Waals surface area contributed by atoms with Crippen molar-refractivity contribution in [2.75, 3.05) is 19.8 Å². The van der Waals surface area contributed by atoms with Crippen molar-refractivity contribution in [2.24, 2.45) is 0 Å². The SMILES string of the molecule is CC(=CCC1(C)CO1)C(=O)OCC1CO1. The van der Waals surface area contributed by atoms with Gasteiger partial charge in [0.25, 0.3) is 0 Å². The van der Waals surface area contributed by atoms with Crippen molar-refractivity contribution in [3.05, 3.63) is 11.6 Å². The molecule has 0 radical (unpaired) electrons. The van der Waals surface area contributed by atoms with Gasteiger partial charge < -0.3 is 14.2 Å². The average Bonchev–Trinajstić information content (AvgIpc) is 3.08. The van der Waals surface area contributed by atoms with Gasteiger partial charge in [-0.2, -0.15) is 0 Å². The predicted molar refractivity (Wildman–Crippen MR) is 53.4 cm³/mol. The number of ether oxygens (including phenoxy) is 3. The number of epoxide rings is 2. The summed E-state index contributed by atoms with van der Waals surface area (Å²) < 4.78 is 15.2. The molecule has 0 aromatic rings. The lowest BCUT2D eigenvalue weighted by molar-refractivity contribution is -0.139. The number of hydrogen-bond acceptors (Lipinski definition) is 4. The molecule has 2 aliphatic heterocycles. The third-order valence-electron chi connectivity index (χ3n) is 2.60. The molecule has 2 aliphatic rings. The standard InChI is InChI=1S/C11H16O4/c1-8(3-4-11(2)7-15-11)10(12)14-6-9-5-13-9/h3,9H,4-7H2,1-2H3. The molecule has 84 valence electrons. The van der Waals surface area contributed by atoms with E-state index in [2.05, 4.69) is 0 Å². The van der Waals surface area contributed by atoms with Gasteiger partial charge in [-0.15, -0.1) is 0 Å². The molecule has 0 aromatic heterocycles. The molecule has 0 N–H and O–H groups in total. The molecular formula is C11H16O4. The summed E-state index contributed by atoms with van der Waals surface area (Å²) in [5.74, 6) is -0.255. The number of rotatable bonds is 5. The minimum absolute atomic E-state index is 0.0405. The highest BCUT2D eigenvalue weighted by molar-refractivity contribution is 5.87. The second-order valence-corrected chi connectivity index (χ2v) is 4.38. The highest BCUT2D eigenvalue weighted by atomic mass is 16.6. The monoisotopic (exact) mass is 212 g/mol. The van der Waals surface area contributed by atoms with Crippen molar-refractivity contribution < 1.29 is 19.0 Å². The quantitative estimate of drug-likeness (QED) is 0.388. The average molecular weight is 212 g/mol. The van der Waals surface area contributed by atoms with Crippen LogP contribution in [-0.2, 0) is 19.0 Å². The fourth-order valence-electron chi connectivity index (χ4n) is 1.14. The molecule has 0 aromatic carbocycles. The fourth-order valence-corrected chi connectivity index (χ4v) is 1.14. The number of carbonyl (C=O) groups is 1. The minimum Gasteiger partial charge on any atom is -0.459 e. The molecule has 0 spiro atoms. The summed E-state index contributed by atoms with van der Waals surface area (Å²) in [5.41, 5.74) is 0.605. The maximum Gasteiger partial charge on any atom is 0.333 e. The molecule has 0 bridgehead atoms. The molecule has 0 saturated carbocycles. The summed E-state index contributed by atoms with van der Waals surface area (Å²) in [6.45, 7) is 5.66. The van der Waals surface area contributed by atoms with E-state index in [1.807, 2.05) is 13.0 Å². The van der Waals surface area contributed by atoms with Gasteiger partial charge in [0.2, 0.25) is 0 Å². The van der Waals surface area contributed by atoms with E-state index >= 15 is 0 Å². The third-order valence-corrected chi connectivity index (χ3v) is 2.60. The van der Waals surface area contributed by atoms with Gasteiger partial charge in [0.05, 0.1) is 18.8 Å². The first kappa shape index (κ1) is 10.6. The third kappa shape index (κ3) is 3.32. The van der Waals surface area contributed by atoms with Gasteiger partial charge in [0.15, 0.2) is 0 Å². The van der Waals surface area contributed by atoms with Crippen molar-refractivity contribution >= 4 is 5.97 Å². The van der Waals surface area contributed by atoms with Gasteiger partial charge >= 0.3 is 5.97 Å². The van der Waals surface area contributed by atoms with Gasteiger partial charge in [-0.05, 0) is 20.3 Å². The zero-order valence-electron chi connectivity index (χ0n) is 9.12. The van der Waals surface area contributed by atoms with E-state index in [1.54, 1.807) is 6.92 Å². The maximum atomic E-state index is 11.4. The second-order valence-electron chi connectivity index (χ2n) is 4.38. The molecule has 2 unspecified atom stereocenters. The van der Waals surface area contributed by atoms with E-state index in [-0.39, 0.29) is 17.7 Å². The molecule has 0 aliphatic carbocycles. The van der Waals surface area contributed by atoms with Gasteiger partial charge in [-0.3, -0.25) is 0 Å². The molecule has 4 nitrogen and oxygen atoms in total. The first-order valence-electron chi connectivity index (χ1n) is 5.18. The largest absolute Gasteiger partial charge is 0.459 e. The van der Waals surface area contributed by atoms with Crippen molar-refractivity contribution in [3.63, 3.8) is 0 Å². The summed E-state index contributed by atoms with van der Waals surface area (Å²) in [7, 11) is 0. The molecule has 2 fully saturated rings. The highest BCUT2D eigenvalue weighted by Gasteiger charge is 2.37. The Morgan fingerprint density at radius 3 is 2.87 bits per heavy atom. The molecule has 2 saturated heterocycles. The van der Waals surface area contributed by atoms with Crippen LogP contribution in [0.4, 0.5) is 0 Å². The highest BCUT2D eigenvalue weighted by Crippen LogP contribution is 2.30. The van der Waals surface area contributed by atoms with Crippen LogP contribution in [0.1, 0.15) is 20.3 Å². The Balaban J connectivity index is 1.72. The van der Waals surface area contributed by atoms with Crippen LogP contribution >= 0.6 is 0 Å². The minimum atomic E-state index is -0.255. The van der Waals surface area contributed by atoms with Gasteiger partial charge in [-0.1, -0.05) is 6.08 Å². The zero-order valence-corrected chi connectivity index (χ0v) is 9.12. The van der Waals surface area contributed by atoms with Crippen LogP contribution < -0.4 is 0 Å². The van der Waals surface area contributed by atoms with Crippen LogP contribution in [0.2, 0.25) is 0 Å². The molecule has 2 rings (SSSR count). The van der Waals surface area contributed by atoms with E-state index in [4.69, 9.17) is 14.2 Å². The smallest absolute Gasteiger partial charge is 0.333 e. The molecule has 0 amide bonds. The molecular weight excluding hydrogens is 196 g/mol. The van der Waals surface area contributed by atoms with Crippen LogP contribution in [0, 0.1) is 0 Å². The summed E-state index contributed by atoms with van der Waals surface area (Å²) >= 11 is 0. The first-order valence-corrected chi connectivity index (χ1v) is 5.18. The lowest BCUT2D eigenvalue weighted by Crippen LogP contribution is -2.11. The van der Waals surface area contributed by atoms with E-state index in [0.29, 0.717) is 18.8 Å². The topological polar surface area (TPSA) is 51.4 Å². The van der Waals surface area contributed by atoms with Crippen molar-refractivity contribution in [1.82, 2.24) is 0 Å². The summed E-state index contributed by atoms with van der Waals surface area (Å²) in [6, 6.07) is 0. The van der Waals surface area contributed by atoms with E-state index < -0.39 is 0 Å². The van der Waals surface area contributed by atoms with Crippen molar-refractivity contribution in [1.29, 1.82) is 0 Å². The fraction of sp³-hybridized carbons (Fsp3) is 0.727. The van der Waals surface area contributed by atoms with Gasteiger partial charge in [0.1, 0.15) is 12.7 Å². The van der Waals surface area contributed by atoms with E-state index in [0.717, 1.165) is 13.0 Å². The van der Waals surface area contributed by atoms with Crippen LogP contribution in [0.3, 0.4) is 0 Å². The van der Waals surface area contributed by atoms with E-state index in [1.165, 1.54) is 0 Å². The molecule has 2 heterocycles. The Hall–Kier alpha value is -0.870. The molecule has 2 atom stereocenters. The lowest BCUT2D eigenvalue weighted by atomic mass is 10.1. The Kier molecular flexibility index (Phi) is 2.80. The van der Waals surface area contributed by atoms with Crippen LogP contribution in [0.5, 0.6) is 0 Å². The Bertz CT molecular complexity index is 287. The van der Waals surface area contributed by atoms with Crippen LogP contribution in [0.25, 0.3) is 0 Å². The number of hydrogen-bond donors (Lipinski definition) is 0. The van der Waals surface area contributed by atoms with Gasteiger partial charge in [-0.25, -0.2) is 4.79 Å². The Morgan fingerprint density at radius 1 is 1.67 bits per heavy atom. The van der Waals surface area contributed by atoms with Crippen LogP contribution in [-0.4, -0.2) is 37.5 Å². The maximum absolute atomic E-state index is 11.4. The summed E-state index contributed by atoms with van der Waals surface area (Å²) in [4.78, 5) is 11.4. The molecule has 4 heteroatoms. The van der Waals surface area contributed by atoms with E-state index in [9.17, 15) is 4.79 Å². The summed E-state index contributed by atoms with van der Waals surface area (Å²) in [6.07, 6.45) is 2.78.